The molecule has 3 N–H and O–H groups in total. The van der Waals surface area contributed by atoms with Gasteiger partial charge in [0.1, 0.15) is 6.61 Å². The molecule has 0 saturated carbocycles. The van der Waals surface area contributed by atoms with Crippen molar-refractivity contribution in [1.82, 2.24) is 0 Å². The molecule has 0 rings (SSSR count). The van der Waals surface area contributed by atoms with Gasteiger partial charge in [-0.05, 0) is 77.0 Å². The highest BCUT2D eigenvalue weighted by Crippen LogP contribution is 2.43. The van der Waals surface area contributed by atoms with Crippen LogP contribution < -0.4 is 5.73 Å². The number of hydrogen-bond acceptors (Lipinski definition) is 8. The normalized spacial score (nSPS) is 14.1. The summed E-state index contributed by atoms with van der Waals surface area (Å²) in [6.07, 6.45) is 39.7. The van der Waals surface area contributed by atoms with Gasteiger partial charge in [0.15, 0.2) is 6.10 Å². The average molecular weight is 710 g/mol. The van der Waals surface area contributed by atoms with Crippen molar-refractivity contribution >= 4 is 19.8 Å². The molecule has 2 atom stereocenters. The number of rotatable bonds is 34. The molecule has 9 nitrogen and oxygen atoms in total. The molecule has 0 aromatic carbocycles. The third kappa shape index (κ3) is 35.3. The summed E-state index contributed by atoms with van der Waals surface area (Å²) in [5.41, 5.74) is 5.32. The van der Waals surface area contributed by atoms with E-state index in [9.17, 15) is 19.0 Å². The van der Waals surface area contributed by atoms with Gasteiger partial charge in [-0.2, -0.15) is 0 Å². The fourth-order valence-corrected chi connectivity index (χ4v) is 5.38. The number of phosphoric ester groups is 1. The van der Waals surface area contributed by atoms with Crippen LogP contribution in [0.15, 0.2) is 60.8 Å². The SMILES string of the molecule is CC/C=C\C/C=C\C/C=C\C/C=C\CCCCC(=O)O[C@H](COC(=O)CCCCCCC/C=C\CCCCCC)COP(=O)(O)OCCN. The lowest BCUT2D eigenvalue weighted by molar-refractivity contribution is -0.161. The first-order valence-corrected chi connectivity index (χ1v) is 20.3. The summed E-state index contributed by atoms with van der Waals surface area (Å²) < 4.78 is 32.6. The van der Waals surface area contributed by atoms with Crippen LogP contribution in [0.1, 0.15) is 142 Å². The molecule has 0 amide bonds. The van der Waals surface area contributed by atoms with E-state index in [2.05, 4.69) is 74.6 Å². The van der Waals surface area contributed by atoms with Crippen molar-refractivity contribution in [3.8, 4) is 0 Å². The molecule has 0 radical (unpaired) electrons. The minimum atomic E-state index is -4.39. The highest BCUT2D eigenvalue weighted by Gasteiger charge is 2.25. The minimum absolute atomic E-state index is 0.0428. The zero-order valence-electron chi connectivity index (χ0n) is 30.7. The Balaban J connectivity index is 4.34. The largest absolute Gasteiger partial charge is 0.472 e. The van der Waals surface area contributed by atoms with Crippen molar-refractivity contribution in [2.24, 2.45) is 5.73 Å². The third-order valence-corrected chi connectivity index (χ3v) is 8.37. The zero-order chi connectivity index (χ0) is 36.1. The van der Waals surface area contributed by atoms with Gasteiger partial charge in [0.05, 0.1) is 13.2 Å². The van der Waals surface area contributed by atoms with Crippen molar-refractivity contribution in [2.45, 2.75) is 148 Å². The lowest BCUT2D eigenvalue weighted by atomic mass is 10.1. The summed E-state index contributed by atoms with van der Waals surface area (Å²) in [6, 6.07) is 0. The van der Waals surface area contributed by atoms with Gasteiger partial charge in [-0.3, -0.25) is 18.6 Å². The van der Waals surface area contributed by atoms with Gasteiger partial charge in [0, 0.05) is 19.4 Å². The first-order chi connectivity index (χ1) is 23.8. The third-order valence-electron chi connectivity index (χ3n) is 7.39. The highest BCUT2D eigenvalue weighted by atomic mass is 31.2. The Hall–Kier alpha value is -2.29. The van der Waals surface area contributed by atoms with E-state index in [0.717, 1.165) is 70.6 Å². The molecule has 0 fully saturated rings. The Morgan fingerprint density at radius 2 is 1.12 bits per heavy atom. The minimum Gasteiger partial charge on any atom is -0.462 e. The summed E-state index contributed by atoms with van der Waals surface area (Å²) in [5, 5.41) is 0. The van der Waals surface area contributed by atoms with Crippen molar-refractivity contribution in [3.05, 3.63) is 60.8 Å². The van der Waals surface area contributed by atoms with Crippen LogP contribution in [-0.4, -0.2) is 49.3 Å². The zero-order valence-corrected chi connectivity index (χ0v) is 31.5. The molecule has 0 aromatic heterocycles. The highest BCUT2D eigenvalue weighted by molar-refractivity contribution is 7.47. The van der Waals surface area contributed by atoms with Gasteiger partial charge < -0.3 is 20.1 Å². The van der Waals surface area contributed by atoms with Crippen LogP contribution in [-0.2, 0) is 32.7 Å². The molecule has 0 saturated heterocycles. The van der Waals surface area contributed by atoms with E-state index in [1.165, 1.54) is 32.1 Å². The number of carbonyl (C=O) groups excluding carboxylic acids is 2. The molecule has 0 aromatic rings. The van der Waals surface area contributed by atoms with E-state index in [-0.39, 0.29) is 32.6 Å². The Bertz CT molecular complexity index is 992. The van der Waals surface area contributed by atoms with Crippen LogP contribution in [0.2, 0.25) is 0 Å². The molecule has 0 aliphatic heterocycles. The molecule has 0 bridgehead atoms. The lowest BCUT2D eigenvalue weighted by Crippen LogP contribution is -2.29. The van der Waals surface area contributed by atoms with Gasteiger partial charge >= 0.3 is 19.8 Å². The fraction of sp³-hybridized carbons (Fsp3) is 0.692. The molecule has 0 aliphatic carbocycles. The topological polar surface area (TPSA) is 134 Å². The smallest absolute Gasteiger partial charge is 0.462 e. The molecule has 0 aliphatic rings. The van der Waals surface area contributed by atoms with Gasteiger partial charge in [0.25, 0.3) is 0 Å². The number of esters is 2. The van der Waals surface area contributed by atoms with E-state index in [0.29, 0.717) is 12.8 Å². The summed E-state index contributed by atoms with van der Waals surface area (Å²) >= 11 is 0. The monoisotopic (exact) mass is 709 g/mol. The van der Waals surface area contributed by atoms with Crippen LogP contribution >= 0.6 is 7.82 Å². The van der Waals surface area contributed by atoms with E-state index in [1.807, 2.05) is 0 Å². The average Bonchev–Trinajstić information content (AvgIpc) is 3.08. The van der Waals surface area contributed by atoms with E-state index < -0.39 is 32.5 Å². The van der Waals surface area contributed by atoms with Crippen LogP contribution in [0.25, 0.3) is 0 Å². The quantitative estimate of drug-likeness (QED) is 0.0290. The second-order valence-electron chi connectivity index (χ2n) is 12.1. The molecule has 10 heteroatoms. The molecule has 0 spiro atoms. The number of allylic oxidation sites excluding steroid dienone is 10. The Morgan fingerprint density at radius 3 is 1.73 bits per heavy atom. The number of carbonyl (C=O) groups is 2. The number of phosphoric acid groups is 1. The number of nitrogens with two attached hydrogens (primary N) is 1. The molecule has 49 heavy (non-hydrogen) atoms. The van der Waals surface area contributed by atoms with Crippen molar-refractivity contribution < 1.29 is 37.6 Å². The second-order valence-corrected chi connectivity index (χ2v) is 13.5. The van der Waals surface area contributed by atoms with Crippen LogP contribution in [0.3, 0.4) is 0 Å². The molecule has 0 heterocycles. The first-order valence-electron chi connectivity index (χ1n) is 18.8. The maximum absolute atomic E-state index is 12.5. The predicted octanol–water partition coefficient (Wildman–Crippen LogP) is 10.2. The summed E-state index contributed by atoms with van der Waals surface area (Å²) in [7, 11) is -4.39. The second kappa shape index (κ2) is 35.5. The summed E-state index contributed by atoms with van der Waals surface area (Å²) in [5.74, 6) is -0.895. The van der Waals surface area contributed by atoms with Crippen molar-refractivity contribution in [1.29, 1.82) is 0 Å². The van der Waals surface area contributed by atoms with Crippen molar-refractivity contribution in [2.75, 3.05) is 26.4 Å². The fourth-order valence-electron chi connectivity index (χ4n) is 4.62. The molecule has 282 valence electrons. The van der Waals surface area contributed by atoms with E-state index in [1.54, 1.807) is 0 Å². The van der Waals surface area contributed by atoms with Gasteiger partial charge in [-0.15, -0.1) is 0 Å². The maximum atomic E-state index is 12.5. The van der Waals surface area contributed by atoms with Crippen molar-refractivity contribution in [3.63, 3.8) is 0 Å². The Kier molecular flexibility index (Phi) is 33.9. The molecular weight excluding hydrogens is 641 g/mol. The standard InChI is InChI=1S/C39H68NO8P/c1-3-5-7-9-11-13-15-17-18-20-22-24-26-28-30-32-39(42)48-37(36-47-49(43,44)46-34-33-40)35-45-38(41)31-29-27-25-23-21-19-16-14-12-10-8-6-4-2/h5,7,11,13-14,16-18,22,24,37H,3-4,6,8-10,12,15,19-21,23,25-36,40H2,1-2H3,(H,43,44)/b7-5-,13-11-,16-14-,18-17-,24-22-/t37-/m1/s1. The Morgan fingerprint density at radius 1 is 0.633 bits per heavy atom. The van der Waals surface area contributed by atoms with E-state index >= 15 is 0 Å². The van der Waals surface area contributed by atoms with Gasteiger partial charge in [-0.1, -0.05) is 113 Å². The number of ether oxygens (including phenoxy) is 2. The van der Waals surface area contributed by atoms with Gasteiger partial charge in [-0.25, -0.2) is 4.57 Å². The number of unbranched alkanes of at least 4 members (excludes halogenated alkanes) is 11. The maximum Gasteiger partial charge on any atom is 0.472 e. The van der Waals surface area contributed by atoms with Crippen LogP contribution in [0.4, 0.5) is 0 Å². The predicted molar refractivity (Wildman–Crippen MR) is 201 cm³/mol. The number of hydrogen-bond donors (Lipinski definition) is 2. The van der Waals surface area contributed by atoms with E-state index in [4.69, 9.17) is 24.3 Å². The molecular formula is C39H68NO8P. The Labute approximate surface area is 298 Å². The van der Waals surface area contributed by atoms with Crippen LogP contribution in [0.5, 0.6) is 0 Å². The van der Waals surface area contributed by atoms with Gasteiger partial charge in [0.2, 0.25) is 0 Å². The summed E-state index contributed by atoms with van der Waals surface area (Å²) in [6.45, 7) is 3.51. The van der Waals surface area contributed by atoms with Crippen LogP contribution in [0, 0.1) is 0 Å². The molecule has 1 unspecified atom stereocenters. The first kappa shape index (κ1) is 46.7. The lowest BCUT2D eigenvalue weighted by Gasteiger charge is -2.19. The summed E-state index contributed by atoms with van der Waals surface area (Å²) in [4.78, 5) is 34.7.